The highest BCUT2D eigenvalue weighted by Gasteiger charge is 2.14. The van der Waals surface area contributed by atoms with Crippen LogP contribution in [0, 0.1) is 0 Å². The van der Waals surface area contributed by atoms with Crippen molar-refractivity contribution >= 4 is 11.9 Å². The van der Waals surface area contributed by atoms with Gasteiger partial charge in [-0.25, -0.2) is 4.79 Å². The molecule has 0 spiro atoms. The third-order valence-electron chi connectivity index (χ3n) is 3.59. The number of ether oxygens (including phenoxy) is 1. The molecule has 2 rings (SSSR count). The lowest BCUT2D eigenvalue weighted by Gasteiger charge is -2.12. The van der Waals surface area contributed by atoms with Crippen LogP contribution in [-0.2, 0) is 22.4 Å². The molecule has 23 heavy (non-hydrogen) atoms. The molecule has 0 saturated heterocycles. The number of hydrogen-bond donors (Lipinski definition) is 0. The van der Waals surface area contributed by atoms with Crippen molar-refractivity contribution in [1.29, 1.82) is 0 Å². The number of hydrogen-bond acceptors (Lipinski definition) is 3. The number of esters is 1. The molecule has 4 nitrogen and oxygen atoms in total. The fourth-order valence-electron chi connectivity index (χ4n) is 2.20. The van der Waals surface area contributed by atoms with Crippen LogP contribution >= 0.6 is 0 Å². The molecule has 0 bridgehead atoms. The zero-order valence-corrected chi connectivity index (χ0v) is 13.5. The number of nitrogens with zero attached hydrogens (tertiary/aromatic N) is 1. The molecule has 2 aromatic carbocycles. The number of carbonyl (C=O) groups is 2. The summed E-state index contributed by atoms with van der Waals surface area (Å²) in [6, 6.07) is 17.5. The van der Waals surface area contributed by atoms with Crippen molar-refractivity contribution < 1.29 is 14.3 Å². The van der Waals surface area contributed by atoms with E-state index in [-0.39, 0.29) is 12.5 Å². The Morgan fingerprint density at radius 1 is 0.913 bits per heavy atom. The molecular formula is C19H21NO3. The van der Waals surface area contributed by atoms with Crippen LogP contribution in [0.4, 0.5) is 0 Å². The summed E-state index contributed by atoms with van der Waals surface area (Å²) in [6.45, 7) is -0.237. The quantitative estimate of drug-likeness (QED) is 0.771. The van der Waals surface area contributed by atoms with Gasteiger partial charge in [-0.05, 0) is 30.0 Å². The molecule has 0 heterocycles. The standard InChI is InChI=1S/C19H21NO3/c1-20(2)18(21)14-23-19(22)17-11-7-6-10-16(17)13-12-15-8-4-3-5-9-15/h3-11H,12-14H2,1-2H3. The van der Waals surface area contributed by atoms with E-state index in [0.29, 0.717) is 5.56 Å². The molecule has 0 atom stereocenters. The lowest BCUT2D eigenvalue weighted by atomic mass is 10.00. The zero-order chi connectivity index (χ0) is 16.7. The van der Waals surface area contributed by atoms with Crippen LogP contribution in [-0.4, -0.2) is 37.5 Å². The first kappa shape index (κ1) is 16.7. The second-order valence-corrected chi connectivity index (χ2v) is 5.51. The molecule has 0 aliphatic heterocycles. The second kappa shape index (κ2) is 8.13. The summed E-state index contributed by atoms with van der Waals surface area (Å²) in [5.41, 5.74) is 2.67. The van der Waals surface area contributed by atoms with Gasteiger partial charge in [0.05, 0.1) is 5.56 Å². The average Bonchev–Trinajstić information content (AvgIpc) is 2.58. The van der Waals surface area contributed by atoms with E-state index >= 15 is 0 Å². The lowest BCUT2D eigenvalue weighted by Crippen LogP contribution is -2.27. The maximum absolute atomic E-state index is 12.2. The molecule has 0 N–H and O–H groups in total. The lowest BCUT2D eigenvalue weighted by molar-refractivity contribution is -0.131. The van der Waals surface area contributed by atoms with Gasteiger partial charge in [0.2, 0.25) is 0 Å². The maximum atomic E-state index is 12.2. The fourth-order valence-corrected chi connectivity index (χ4v) is 2.20. The summed E-state index contributed by atoms with van der Waals surface area (Å²) in [5, 5.41) is 0. The minimum Gasteiger partial charge on any atom is -0.452 e. The molecule has 0 aliphatic carbocycles. The van der Waals surface area contributed by atoms with E-state index in [9.17, 15) is 9.59 Å². The van der Waals surface area contributed by atoms with Crippen LogP contribution < -0.4 is 0 Å². The number of rotatable bonds is 6. The van der Waals surface area contributed by atoms with E-state index in [4.69, 9.17) is 4.74 Å². The van der Waals surface area contributed by atoms with E-state index in [1.54, 1.807) is 26.2 Å². The highest BCUT2D eigenvalue weighted by Crippen LogP contribution is 2.14. The van der Waals surface area contributed by atoms with Crippen LogP contribution in [0.2, 0.25) is 0 Å². The number of benzene rings is 2. The van der Waals surface area contributed by atoms with E-state index in [0.717, 1.165) is 18.4 Å². The molecule has 2 aromatic rings. The van der Waals surface area contributed by atoms with Crippen LogP contribution in [0.25, 0.3) is 0 Å². The number of aryl methyl sites for hydroxylation is 2. The molecule has 0 unspecified atom stereocenters. The van der Waals surface area contributed by atoms with E-state index in [2.05, 4.69) is 12.1 Å². The van der Waals surface area contributed by atoms with Gasteiger partial charge in [-0.3, -0.25) is 4.79 Å². The Hall–Kier alpha value is -2.62. The van der Waals surface area contributed by atoms with Crippen molar-refractivity contribution in [2.45, 2.75) is 12.8 Å². The third kappa shape index (κ3) is 4.95. The summed E-state index contributed by atoms with van der Waals surface area (Å²) in [7, 11) is 3.26. The Balaban J connectivity index is 2.02. The maximum Gasteiger partial charge on any atom is 0.338 e. The van der Waals surface area contributed by atoms with Gasteiger partial charge in [0.1, 0.15) is 0 Å². The van der Waals surface area contributed by atoms with Gasteiger partial charge in [0.15, 0.2) is 6.61 Å². The van der Waals surface area contributed by atoms with Gasteiger partial charge in [0, 0.05) is 14.1 Å². The van der Waals surface area contributed by atoms with Gasteiger partial charge in [-0.1, -0.05) is 48.5 Å². The summed E-state index contributed by atoms with van der Waals surface area (Å²) >= 11 is 0. The molecule has 0 saturated carbocycles. The SMILES string of the molecule is CN(C)C(=O)COC(=O)c1ccccc1CCc1ccccc1. The fraction of sp³-hybridized carbons (Fsp3) is 0.263. The first-order valence-electron chi connectivity index (χ1n) is 7.57. The monoisotopic (exact) mass is 311 g/mol. The first-order valence-corrected chi connectivity index (χ1v) is 7.57. The number of amides is 1. The van der Waals surface area contributed by atoms with Crippen LogP contribution in [0.3, 0.4) is 0 Å². The normalized spacial score (nSPS) is 10.2. The van der Waals surface area contributed by atoms with Crippen molar-refractivity contribution in [3.8, 4) is 0 Å². The van der Waals surface area contributed by atoms with Crippen molar-refractivity contribution in [3.05, 3.63) is 71.3 Å². The van der Waals surface area contributed by atoms with Crippen molar-refractivity contribution in [3.63, 3.8) is 0 Å². The third-order valence-corrected chi connectivity index (χ3v) is 3.59. The van der Waals surface area contributed by atoms with Gasteiger partial charge < -0.3 is 9.64 Å². The number of likely N-dealkylation sites (N-methyl/N-ethyl adjacent to an activating group) is 1. The molecule has 0 aliphatic rings. The van der Waals surface area contributed by atoms with E-state index < -0.39 is 5.97 Å². The van der Waals surface area contributed by atoms with Crippen molar-refractivity contribution in [2.24, 2.45) is 0 Å². The average molecular weight is 311 g/mol. The summed E-state index contributed by atoms with van der Waals surface area (Å²) in [5.74, 6) is -0.691. The molecule has 0 fully saturated rings. The topological polar surface area (TPSA) is 46.6 Å². The predicted molar refractivity (Wildman–Crippen MR) is 89.3 cm³/mol. The van der Waals surface area contributed by atoms with Crippen molar-refractivity contribution in [2.75, 3.05) is 20.7 Å². The smallest absolute Gasteiger partial charge is 0.338 e. The van der Waals surface area contributed by atoms with Gasteiger partial charge in [-0.15, -0.1) is 0 Å². The minimum atomic E-state index is -0.455. The van der Waals surface area contributed by atoms with E-state index in [1.807, 2.05) is 30.3 Å². The number of carbonyl (C=O) groups excluding carboxylic acids is 2. The predicted octanol–water partition coefficient (Wildman–Crippen LogP) is 2.72. The molecule has 0 radical (unpaired) electrons. The molecule has 4 heteroatoms. The first-order chi connectivity index (χ1) is 11.1. The second-order valence-electron chi connectivity index (χ2n) is 5.51. The van der Waals surface area contributed by atoms with Crippen LogP contribution in [0.15, 0.2) is 54.6 Å². The Labute approximate surface area is 136 Å². The Bertz CT molecular complexity index is 665. The minimum absolute atomic E-state index is 0.236. The Kier molecular flexibility index (Phi) is 5.92. The van der Waals surface area contributed by atoms with Gasteiger partial charge >= 0.3 is 5.97 Å². The van der Waals surface area contributed by atoms with Crippen molar-refractivity contribution in [1.82, 2.24) is 4.90 Å². The molecule has 120 valence electrons. The van der Waals surface area contributed by atoms with Crippen LogP contribution in [0.5, 0.6) is 0 Å². The summed E-state index contributed by atoms with van der Waals surface area (Å²) in [6.07, 6.45) is 1.60. The largest absolute Gasteiger partial charge is 0.452 e. The summed E-state index contributed by atoms with van der Waals surface area (Å²) < 4.78 is 5.11. The van der Waals surface area contributed by atoms with Gasteiger partial charge in [-0.2, -0.15) is 0 Å². The van der Waals surface area contributed by atoms with Crippen LogP contribution in [0.1, 0.15) is 21.5 Å². The highest BCUT2D eigenvalue weighted by molar-refractivity contribution is 5.92. The molecule has 1 amide bonds. The highest BCUT2D eigenvalue weighted by atomic mass is 16.5. The Morgan fingerprint density at radius 3 is 2.26 bits per heavy atom. The molecule has 0 aromatic heterocycles. The summed E-state index contributed by atoms with van der Waals surface area (Å²) in [4.78, 5) is 25.1. The molecular weight excluding hydrogens is 290 g/mol. The Morgan fingerprint density at radius 2 is 1.57 bits per heavy atom. The van der Waals surface area contributed by atoms with Gasteiger partial charge in [0.25, 0.3) is 5.91 Å². The zero-order valence-electron chi connectivity index (χ0n) is 13.5. The van der Waals surface area contributed by atoms with E-state index in [1.165, 1.54) is 10.5 Å².